The minimum Gasteiger partial charge on any atom is -0.307 e. The van der Waals surface area contributed by atoms with Crippen LogP contribution in [0.3, 0.4) is 0 Å². The molecule has 582 valence electrons. The Hall–Kier alpha value is -16.8. The molecule has 17 aromatic carbocycles. The summed E-state index contributed by atoms with van der Waals surface area (Å²) in [6.45, 7) is 0. The Labute approximate surface area is 714 Å². The van der Waals surface area contributed by atoms with Crippen LogP contribution in [0.15, 0.2) is 461 Å². The number of nitrogens with zero attached hydrogens (tertiary/aromatic N) is 10. The van der Waals surface area contributed by atoms with Crippen LogP contribution in [0.25, 0.3) is 211 Å². The van der Waals surface area contributed by atoms with Crippen LogP contribution in [0.2, 0.25) is 0 Å². The maximum atomic E-state index is 5.31. The molecular weight excluding hydrogens is 1510 g/mol. The third-order valence-corrected chi connectivity index (χ3v) is 24.0. The van der Waals surface area contributed by atoms with Gasteiger partial charge in [-0.1, -0.05) is 364 Å². The topological polar surface area (TPSA) is 81.1 Å². The summed E-state index contributed by atoms with van der Waals surface area (Å²) in [4.78, 5) is 20.4. The van der Waals surface area contributed by atoms with Gasteiger partial charge in [0, 0.05) is 71.8 Å². The van der Waals surface area contributed by atoms with Gasteiger partial charge in [-0.05, 0) is 141 Å². The van der Waals surface area contributed by atoms with Crippen molar-refractivity contribution in [3.8, 4) is 102 Å². The van der Waals surface area contributed by atoms with Gasteiger partial charge >= 0.3 is 0 Å². The average molecular weight is 1590 g/mol. The van der Waals surface area contributed by atoms with Gasteiger partial charge in [-0.15, -0.1) is 0 Å². The molecule has 8 heterocycles. The number of para-hydroxylation sites is 8. The van der Waals surface area contributed by atoms with Crippen LogP contribution in [0.4, 0.5) is 0 Å². The number of pyridine rings is 1. The van der Waals surface area contributed by atoms with Gasteiger partial charge in [0.15, 0.2) is 11.6 Å². The van der Waals surface area contributed by atoms with E-state index in [1.807, 2.05) is 66.7 Å². The first-order chi connectivity index (χ1) is 61.6. The third kappa shape index (κ3) is 12.5. The van der Waals surface area contributed by atoms with Gasteiger partial charge in [-0.3, -0.25) is 9.13 Å². The lowest BCUT2D eigenvalue weighted by atomic mass is 9.98. The van der Waals surface area contributed by atoms with Crippen molar-refractivity contribution in [2.24, 2.45) is 0 Å². The molecule has 0 N–H and O–H groups in total. The molecule has 25 rings (SSSR count). The number of benzene rings is 17. The maximum Gasteiger partial charge on any atom is 0.238 e. The standard InChI is InChI=1S/C42H28N2.C37H25N3.C35H23N5/c1-2-13-29(14-3-1)31-17-10-19-33(27-31)43-39-25-8-6-22-37(39)42-41(43)38-23-7-9-26-40(38)44(42)34-20-11-18-32(28-34)36-24-12-16-30-15-4-5-21-35(30)36;1-4-14-26(15-5-1)28-24-32(27-16-6-2-7-17-27)38-35(25-28)40-34-23-13-11-21-31(34)36-37(40)30-20-10-12-22-33(30)39(36)29-18-8-3-9-19-29;1-4-14-24(15-5-1)33-36-34(25-16-6-2-7-17-25)38-35(37-33)40-30-23-13-11-21-28(30)31-32(40)27-20-10-12-22-29(27)39(31)26-18-8-3-9-19-26/h1-28H;1-25H;1-23H. The lowest BCUT2D eigenvalue weighted by Crippen LogP contribution is -2.06. The van der Waals surface area contributed by atoms with E-state index >= 15 is 0 Å². The van der Waals surface area contributed by atoms with Gasteiger partial charge < -0.3 is 18.3 Å². The van der Waals surface area contributed by atoms with E-state index in [4.69, 9.17) is 19.9 Å². The van der Waals surface area contributed by atoms with Gasteiger partial charge in [0.05, 0.1) is 71.9 Å². The Balaban J connectivity index is 0.000000108. The van der Waals surface area contributed by atoms with Crippen molar-refractivity contribution in [2.75, 3.05) is 0 Å². The smallest absolute Gasteiger partial charge is 0.238 e. The van der Waals surface area contributed by atoms with E-state index in [1.54, 1.807) is 0 Å². The van der Waals surface area contributed by atoms with E-state index in [-0.39, 0.29) is 0 Å². The van der Waals surface area contributed by atoms with Crippen LogP contribution < -0.4 is 0 Å². The second-order valence-corrected chi connectivity index (χ2v) is 31.2. The largest absolute Gasteiger partial charge is 0.307 e. The first-order valence-corrected chi connectivity index (χ1v) is 42.0. The summed E-state index contributed by atoms with van der Waals surface area (Å²) in [5.74, 6) is 2.78. The molecule has 8 aromatic heterocycles. The fourth-order valence-electron chi connectivity index (χ4n) is 18.6. The Morgan fingerprint density at radius 3 is 0.895 bits per heavy atom. The molecule has 0 amide bonds. The molecule has 124 heavy (non-hydrogen) atoms. The zero-order chi connectivity index (χ0) is 82.0. The molecule has 0 saturated heterocycles. The maximum absolute atomic E-state index is 5.31. The minimum absolute atomic E-state index is 0.592. The summed E-state index contributed by atoms with van der Waals surface area (Å²) >= 11 is 0. The second kappa shape index (κ2) is 30.8. The summed E-state index contributed by atoms with van der Waals surface area (Å²) in [6, 6.07) is 163. The molecule has 0 saturated carbocycles. The highest BCUT2D eigenvalue weighted by molar-refractivity contribution is 6.23. The van der Waals surface area contributed by atoms with Gasteiger partial charge in [-0.2, -0.15) is 9.97 Å². The van der Waals surface area contributed by atoms with E-state index in [9.17, 15) is 0 Å². The average Bonchev–Trinajstić information content (AvgIpc) is 1.55. The van der Waals surface area contributed by atoms with Crippen molar-refractivity contribution < 1.29 is 0 Å². The third-order valence-electron chi connectivity index (χ3n) is 24.0. The first-order valence-electron chi connectivity index (χ1n) is 42.0. The van der Waals surface area contributed by atoms with E-state index in [0.29, 0.717) is 17.6 Å². The van der Waals surface area contributed by atoms with Gasteiger partial charge in [0.25, 0.3) is 0 Å². The molecule has 25 aromatic rings. The highest BCUT2D eigenvalue weighted by Crippen LogP contribution is 2.46. The molecule has 0 bridgehead atoms. The SMILES string of the molecule is c1ccc(-c2cc(-c3ccccc3)nc(-n3c4ccccc4c4c3c3ccccc3n4-c3ccccc3)c2)cc1.c1ccc(-c2cccc(-n3c4ccccc4c4c3c3ccccc3n4-c3cccc(-c4cccc5ccccc45)c3)c2)cc1.c1ccc(-c2nc(-c3ccccc3)nc(-n3c4ccccc4c4c3c3ccccc3n4-c3ccccc3)n2)cc1. The summed E-state index contributed by atoms with van der Waals surface area (Å²) in [5.41, 5.74) is 29.6. The van der Waals surface area contributed by atoms with Crippen LogP contribution in [-0.2, 0) is 0 Å². The lowest BCUT2D eigenvalue weighted by Gasteiger charge is -2.13. The van der Waals surface area contributed by atoms with Crippen LogP contribution in [0.1, 0.15) is 0 Å². The van der Waals surface area contributed by atoms with Gasteiger partial charge in [0.2, 0.25) is 5.95 Å². The number of aromatic nitrogens is 10. The molecule has 10 heteroatoms. The Morgan fingerprint density at radius 1 is 0.161 bits per heavy atom. The van der Waals surface area contributed by atoms with Crippen molar-refractivity contribution in [3.63, 3.8) is 0 Å². The van der Waals surface area contributed by atoms with E-state index < -0.39 is 0 Å². The van der Waals surface area contributed by atoms with Crippen molar-refractivity contribution in [1.82, 2.24) is 47.3 Å². The normalized spacial score (nSPS) is 11.5. The van der Waals surface area contributed by atoms with Crippen LogP contribution in [0.5, 0.6) is 0 Å². The summed E-state index contributed by atoms with van der Waals surface area (Å²) in [5, 5.41) is 9.67. The lowest BCUT2D eigenvalue weighted by molar-refractivity contribution is 0.955. The highest BCUT2D eigenvalue weighted by atomic mass is 15.2. The number of rotatable bonds is 12. The van der Waals surface area contributed by atoms with E-state index in [1.165, 1.54) is 93.2 Å². The predicted molar refractivity (Wildman–Crippen MR) is 514 cm³/mol. The fraction of sp³-hybridized carbons (Fsp3) is 0. The van der Waals surface area contributed by atoms with Crippen LogP contribution >= 0.6 is 0 Å². The minimum atomic E-state index is 0.592. The molecule has 0 fully saturated rings. The predicted octanol–water partition coefficient (Wildman–Crippen LogP) is 28.9. The molecule has 0 spiro atoms. The monoisotopic (exact) mass is 1580 g/mol. The quantitative estimate of drug-likeness (QED) is 0.122. The Kier molecular flexibility index (Phi) is 18.0. The molecule has 0 atom stereocenters. The van der Waals surface area contributed by atoms with Gasteiger partial charge in [0.1, 0.15) is 5.82 Å². The molecule has 0 aliphatic carbocycles. The summed E-state index contributed by atoms with van der Waals surface area (Å²) in [7, 11) is 0. The van der Waals surface area contributed by atoms with Crippen molar-refractivity contribution in [3.05, 3.63) is 461 Å². The van der Waals surface area contributed by atoms with Crippen molar-refractivity contribution in [1.29, 1.82) is 0 Å². The fourth-order valence-corrected chi connectivity index (χ4v) is 18.6. The second-order valence-electron chi connectivity index (χ2n) is 31.2. The molecule has 0 radical (unpaired) electrons. The number of fused-ring (bicyclic) bond motifs is 16. The molecular formula is C114H76N10. The Bertz CT molecular complexity index is 7880. The van der Waals surface area contributed by atoms with Crippen molar-refractivity contribution >= 4 is 109 Å². The van der Waals surface area contributed by atoms with Gasteiger partial charge in [-0.25, -0.2) is 9.97 Å². The Morgan fingerprint density at radius 2 is 0.452 bits per heavy atom. The molecule has 0 unspecified atom stereocenters. The zero-order valence-corrected chi connectivity index (χ0v) is 67.4. The van der Waals surface area contributed by atoms with E-state index in [0.717, 1.165) is 100 Å². The van der Waals surface area contributed by atoms with Crippen LogP contribution in [0, 0.1) is 0 Å². The zero-order valence-electron chi connectivity index (χ0n) is 67.4. The van der Waals surface area contributed by atoms with E-state index in [2.05, 4.69) is 422 Å². The molecule has 10 nitrogen and oxygen atoms in total. The highest BCUT2D eigenvalue weighted by Gasteiger charge is 2.28. The molecule has 0 aliphatic rings. The summed E-state index contributed by atoms with van der Waals surface area (Å²) in [6.07, 6.45) is 0. The number of hydrogen-bond acceptors (Lipinski definition) is 4. The molecule has 0 aliphatic heterocycles. The summed E-state index contributed by atoms with van der Waals surface area (Å²) < 4.78 is 14.2. The first kappa shape index (κ1) is 72.4. The number of hydrogen-bond donors (Lipinski definition) is 0. The van der Waals surface area contributed by atoms with Crippen LogP contribution in [-0.4, -0.2) is 47.3 Å². The van der Waals surface area contributed by atoms with Crippen molar-refractivity contribution in [2.45, 2.75) is 0 Å².